The van der Waals surface area contributed by atoms with Crippen LogP contribution in [0.2, 0.25) is 10.0 Å². The highest BCUT2D eigenvalue weighted by molar-refractivity contribution is 6.35. The van der Waals surface area contributed by atoms with Gasteiger partial charge in [-0.1, -0.05) is 23.2 Å². The smallest absolute Gasteiger partial charge is 0.182 e. The van der Waals surface area contributed by atoms with Crippen molar-refractivity contribution in [2.24, 2.45) is 5.84 Å². The number of rotatable bonds is 4. The Morgan fingerprint density at radius 1 is 1.32 bits per heavy atom. The summed E-state index contributed by atoms with van der Waals surface area (Å²) in [4.78, 5) is 12.6. The molecular weight excluding hydrogens is 289 g/mol. The zero-order valence-electron chi connectivity index (χ0n) is 10.0. The Morgan fingerprint density at radius 3 is 2.74 bits per heavy atom. The summed E-state index contributed by atoms with van der Waals surface area (Å²) in [5, 5.41) is 0.809. The van der Waals surface area contributed by atoms with Gasteiger partial charge in [0.1, 0.15) is 11.5 Å². The van der Waals surface area contributed by atoms with Gasteiger partial charge in [-0.25, -0.2) is 20.8 Å². The van der Waals surface area contributed by atoms with Gasteiger partial charge >= 0.3 is 0 Å². The van der Waals surface area contributed by atoms with Crippen LogP contribution in [0.3, 0.4) is 0 Å². The maximum Gasteiger partial charge on any atom is 0.182 e. The molecule has 0 aliphatic heterocycles. The minimum Gasteiger partial charge on any atom is -0.378 e. The summed E-state index contributed by atoms with van der Waals surface area (Å²) in [6.45, 7) is 0.329. The molecule has 0 unspecified atom stereocenters. The lowest BCUT2D eigenvalue weighted by molar-refractivity contribution is 0.181. The number of nitrogens with zero attached hydrogens (tertiary/aromatic N) is 3. The Morgan fingerprint density at radius 2 is 2.11 bits per heavy atom. The number of hydrazine groups is 1. The normalized spacial score (nSPS) is 10.5. The van der Waals surface area contributed by atoms with E-state index in [-0.39, 0.29) is 0 Å². The van der Waals surface area contributed by atoms with Crippen molar-refractivity contribution in [3.63, 3.8) is 0 Å². The molecule has 6 nitrogen and oxygen atoms in total. The van der Waals surface area contributed by atoms with E-state index in [9.17, 15) is 0 Å². The summed E-state index contributed by atoms with van der Waals surface area (Å²) in [5.41, 5.74) is 3.55. The predicted molar refractivity (Wildman–Crippen MR) is 73.8 cm³/mol. The quantitative estimate of drug-likeness (QED) is 0.665. The molecule has 0 atom stereocenters. The van der Waals surface area contributed by atoms with Gasteiger partial charge in [-0.2, -0.15) is 0 Å². The molecule has 2 aromatic rings. The first-order valence-corrected chi connectivity index (χ1v) is 6.04. The summed E-state index contributed by atoms with van der Waals surface area (Å²) in [7, 11) is 1.57. The van der Waals surface area contributed by atoms with Crippen molar-refractivity contribution in [3.05, 3.63) is 34.1 Å². The average Bonchev–Trinajstić information content (AvgIpc) is 2.38. The number of aromatic nitrogens is 3. The molecule has 0 saturated heterocycles. The number of hydrogen-bond donors (Lipinski definition) is 2. The summed E-state index contributed by atoms with van der Waals surface area (Å²) >= 11 is 11.9. The number of methoxy groups -OCH3 is 1. The highest BCUT2D eigenvalue weighted by Gasteiger charge is 2.12. The van der Waals surface area contributed by atoms with E-state index in [0.717, 1.165) is 0 Å². The number of anilines is 1. The molecule has 2 heterocycles. The molecule has 0 bridgehead atoms. The van der Waals surface area contributed by atoms with E-state index in [4.69, 9.17) is 33.8 Å². The second kappa shape index (κ2) is 6.12. The Labute approximate surface area is 119 Å². The fourth-order valence-corrected chi connectivity index (χ4v) is 1.94. The first-order chi connectivity index (χ1) is 9.13. The Kier molecular flexibility index (Phi) is 4.49. The molecule has 0 fully saturated rings. The number of nitrogens with one attached hydrogen (secondary N) is 1. The molecule has 2 aromatic heterocycles. The molecule has 100 valence electrons. The van der Waals surface area contributed by atoms with E-state index >= 15 is 0 Å². The Balaban J connectivity index is 2.51. The van der Waals surface area contributed by atoms with Crippen molar-refractivity contribution in [1.29, 1.82) is 0 Å². The lowest BCUT2D eigenvalue weighted by atomic mass is 10.3. The molecule has 0 spiro atoms. The van der Waals surface area contributed by atoms with Crippen molar-refractivity contribution in [2.75, 3.05) is 12.5 Å². The van der Waals surface area contributed by atoms with E-state index in [2.05, 4.69) is 20.4 Å². The van der Waals surface area contributed by atoms with Crippen LogP contribution in [-0.4, -0.2) is 22.1 Å². The fraction of sp³-hybridized carbons (Fsp3) is 0.182. The summed E-state index contributed by atoms with van der Waals surface area (Å²) < 4.78 is 5.03. The molecule has 3 N–H and O–H groups in total. The first kappa shape index (κ1) is 14.0. The van der Waals surface area contributed by atoms with Gasteiger partial charge < -0.3 is 10.2 Å². The number of nitrogen functional groups attached to an aromatic ring is 1. The van der Waals surface area contributed by atoms with Gasteiger partial charge in [0.25, 0.3) is 0 Å². The number of ether oxygens (including phenoxy) is 1. The van der Waals surface area contributed by atoms with Crippen molar-refractivity contribution < 1.29 is 4.74 Å². The molecule has 0 aromatic carbocycles. The minimum atomic E-state index is 0.329. The van der Waals surface area contributed by atoms with Crippen molar-refractivity contribution in [2.45, 2.75) is 6.61 Å². The fourth-order valence-electron chi connectivity index (χ4n) is 1.48. The molecule has 0 saturated carbocycles. The SMILES string of the molecule is COCc1cc(NN)nc(-c2ncc(Cl)cc2Cl)n1. The monoisotopic (exact) mass is 299 g/mol. The summed E-state index contributed by atoms with van der Waals surface area (Å²) in [6, 6.07) is 3.25. The van der Waals surface area contributed by atoms with Crippen molar-refractivity contribution in [3.8, 4) is 11.5 Å². The maximum atomic E-state index is 6.08. The van der Waals surface area contributed by atoms with Gasteiger partial charge in [-0.05, 0) is 6.07 Å². The molecule has 0 amide bonds. The van der Waals surface area contributed by atoms with E-state index in [1.54, 1.807) is 19.2 Å². The van der Waals surface area contributed by atoms with E-state index in [1.165, 1.54) is 6.20 Å². The second-order valence-corrected chi connectivity index (χ2v) is 4.47. The molecular formula is C11H11Cl2N5O. The van der Waals surface area contributed by atoms with Crippen LogP contribution in [0.25, 0.3) is 11.5 Å². The lowest BCUT2D eigenvalue weighted by Crippen LogP contribution is -2.11. The van der Waals surface area contributed by atoms with Gasteiger partial charge in [-0.3, -0.25) is 0 Å². The van der Waals surface area contributed by atoms with Crippen molar-refractivity contribution >= 4 is 29.0 Å². The maximum absolute atomic E-state index is 6.08. The zero-order chi connectivity index (χ0) is 13.8. The van der Waals surface area contributed by atoms with Crippen molar-refractivity contribution in [1.82, 2.24) is 15.0 Å². The average molecular weight is 300 g/mol. The number of nitrogens with two attached hydrogens (primary N) is 1. The summed E-state index contributed by atoms with van der Waals surface area (Å²) in [5.74, 6) is 6.17. The van der Waals surface area contributed by atoms with E-state index in [1.807, 2.05) is 0 Å². The molecule has 8 heteroatoms. The molecule has 19 heavy (non-hydrogen) atoms. The molecule has 0 aliphatic carbocycles. The van der Waals surface area contributed by atoms with Crippen LogP contribution in [-0.2, 0) is 11.3 Å². The van der Waals surface area contributed by atoms with Crippen LogP contribution >= 0.6 is 23.2 Å². The standard InChI is InChI=1S/C11H11Cl2N5O/c1-19-5-7-3-9(18-14)17-11(16-7)10-8(13)2-6(12)4-15-10/h2-4H,5,14H2,1H3,(H,16,17,18). The molecule has 0 radical (unpaired) electrons. The minimum absolute atomic E-state index is 0.329. The van der Waals surface area contributed by atoms with Gasteiger partial charge in [0.05, 0.1) is 22.3 Å². The van der Waals surface area contributed by atoms with Crippen LogP contribution in [0.5, 0.6) is 0 Å². The van der Waals surface area contributed by atoms with Gasteiger partial charge in [0.2, 0.25) is 0 Å². The third-order valence-electron chi connectivity index (χ3n) is 2.24. The zero-order valence-corrected chi connectivity index (χ0v) is 11.5. The number of halogens is 2. The van der Waals surface area contributed by atoms with Crippen LogP contribution in [0.4, 0.5) is 5.82 Å². The molecule has 0 aliphatic rings. The number of hydrogen-bond acceptors (Lipinski definition) is 6. The second-order valence-electron chi connectivity index (χ2n) is 3.63. The molecule has 2 rings (SSSR count). The van der Waals surface area contributed by atoms with Gasteiger partial charge in [0, 0.05) is 19.4 Å². The van der Waals surface area contributed by atoms with Crippen LogP contribution < -0.4 is 11.3 Å². The highest BCUT2D eigenvalue weighted by atomic mass is 35.5. The van der Waals surface area contributed by atoms with Crippen LogP contribution in [0.1, 0.15) is 5.69 Å². The third-order valence-corrected chi connectivity index (χ3v) is 2.73. The van der Waals surface area contributed by atoms with E-state index in [0.29, 0.717) is 39.7 Å². The van der Waals surface area contributed by atoms with Gasteiger partial charge in [-0.15, -0.1) is 0 Å². The predicted octanol–water partition coefficient (Wildman–Crippen LogP) is 2.28. The first-order valence-electron chi connectivity index (χ1n) is 5.29. The topological polar surface area (TPSA) is 86.0 Å². The third kappa shape index (κ3) is 3.30. The number of pyridine rings is 1. The largest absolute Gasteiger partial charge is 0.378 e. The van der Waals surface area contributed by atoms with Crippen LogP contribution in [0.15, 0.2) is 18.3 Å². The summed E-state index contributed by atoms with van der Waals surface area (Å²) in [6.07, 6.45) is 1.48. The van der Waals surface area contributed by atoms with Crippen LogP contribution in [0, 0.1) is 0 Å². The highest BCUT2D eigenvalue weighted by Crippen LogP contribution is 2.26. The van der Waals surface area contributed by atoms with E-state index < -0.39 is 0 Å². The van der Waals surface area contributed by atoms with Gasteiger partial charge in [0.15, 0.2) is 5.82 Å². The Hall–Kier alpha value is -1.47. The Bertz CT molecular complexity index is 593. The lowest BCUT2D eigenvalue weighted by Gasteiger charge is -2.08.